The van der Waals surface area contributed by atoms with E-state index in [1.807, 2.05) is 24.3 Å². The normalized spacial score (nSPS) is 17.5. The van der Waals surface area contributed by atoms with Gasteiger partial charge in [-0.15, -0.1) is 0 Å². The summed E-state index contributed by atoms with van der Waals surface area (Å²) in [5, 5.41) is 0. The van der Waals surface area contributed by atoms with Gasteiger partial charge in [0.2, 0.25) is 0 Å². The van der Waals surface area contributed by atoms with Gasteiger partial charge < -0.3 is 10.5 Å². The van der Waals surface area contributed by atoms with Crippen molar-refractivity contribution < 1.29 is 8.95 Å². The van der Waals surface area contributed by atoms with Crippen LogP contribution in [0.5, 0.6) is 5.75 Å². The van der Waals surface area contributed by atoms with Crippen molar-refractivity contribution >= 4 is 10.8 Å². The molecule has 0 heterocycles. The zero-order chi connectivity index (χ0) is 13.5. The first-order valence-corrected chi connectivity index (χ1v) is 8.54. The Morgan fingerprint density at radius 1 is 1.26 bits per heavy atom. The van der Waals surface area contributed by atoms with E-state index in [0.717, 1.165) is 17.1 Å². The lowest BCUT2D eigenvalue weighted by Gasteiger charge is -2.11. The second-order valence-corrected chi connectivity index (χ2v) is 6.74. The SMILES string of the molecule is NCc1ccccc1OCCS(=O)CC1CCCC1. The summed E-state index contributed by atoms with van der Waals surface area (Å²) < 4.78 is 17.6. The lowest BCUT2D eigenvalue weighted by molar-refractivity contribution is 0.339. The summed E-state index contributed by atoms with van der Waals surface area (Å²) in [5.74, 6) is 2.97. The van der Waals surface area contributed by atoms with E-state index in [9.17, 15) is 4.21 Å². The van der Waals surface area contributed by atoms with Gasteiger partial charge in [0.15, 0.2) is 0 Å². The van der Waals surface area contributed by atoms with Crippen molar-refractivity contribution in [3.8, 4) is 5.75 Å². The van der Waals surface area contributed by atoms with Crippen LogP contribution in [-0.2, 0) is 17.3 Å². The molecule has 1 aromatic rings. The molecule has 0 aliphatic heterocycles. The molecule has 1 aliphatic rings. The van der Waals surface area contributed by atoms with Gasteiger partial charge in [-0.3, -0.25) is 4.21 Å². The lowest BCUT2D eigenvalue weighted by atomic mass is 10.1. The van der Waals surface area contributed by atoms with Crippen LogP contribution in [0.4, 0.5) is 0 Å². The topological polar surface area (TPSA) is 52.3 Å². The summed E-state index contributed by atoms with van der Waals surface area (Å²) in [4.78, 5) is 0. The molecule has 1 aromatic carbocycles. The molecule has 106 valence electrons. The van der Waals surface area contributed by atoms with E-state index in [0.29, 0.717) is 24.8 Å². The molecule has 2 rings (SSSR count). The maximum atomic E-state index is 12.0. The largest absolute Gasteiger partial charge is 0.492 e. The van der Waals surface area contributed by atoms with Crippen LogP contribution in [0.1, 0.15) is 31.2 Å². The van der Waals surface area contributed by atoms with E-state index >= 15 is 0 Å². The van der Waals surface area contributed by atoms with Crippen LogP contribution in [0.3, 0.4) is 0 Å². The summed E-state index contributed by atoms with van der Waals surface area (Å²) in [6.07, 6.45) is 5.12. The molecule has 3 nitrogen and oxygen atoms in total. The highest BCUT2D eigenvalue weighted by Gasteiger charge is 2.17. The van der Waals surface area contributed by atoms with Gasteiger partial charge in [-0.05, 0) is 24.8 Å². The first-order chi connectivity index (χ1) is 9.29. The van der Waals surface area contributed by atoms with Gasteiger partial charge in [0.05, 0.1) is 12.4 Å². The Morgan fingerprint density at radius 3 is 2.74 bits per heavy atom. The fraction of sp³-hybridized carbons (Fsp3) is 0.600. The summed E-state index contributed by atoms with van der Waals surface area (Å²) in [6.45, 7) is 0.984. The number of ether oxygens (including phenoxy) is 1. The van der Waals surface area contributed by atoms with Crippen LogP contribution in [0.25, 0.3) is 0 Å². The first kappa shape index (κ1) is 14.5. The molecule has 1 saturated carbocycles. The summed E-state index contributed by atoms with van der Waals surface area (Å²) in [6, 6.07) is 7.77. The highest BCUT2D eigenvalue weighted by atomic mass is 32.2. The molecular weight excluding hydrogens is 258 g/mol. The second kappa shape index (κ2) is 7.65. The van der Waals surface area contributed by atoms with Gasteiger partial charge in [0, 0.05) is 28.7 Å². The molecule has 0 aromatic heterocycles. The average Bonchev–Trinajstić information content (AvgIpc) is 2.92. The van der Waals surface area contributed by atoms with Crippen LogP contribution in [-0.4, -0.2) is 22.3 Å². The van der Waals surface area contributed by atoms with Crippen LogP contribution in [0.2, 0.25) is 0 Å². The zero-order valence-electron chi connectivity index (χ0n) is 11.3. The Bertz CT molecular complexity index is 416. The molecular formula is C15H23NO2S. The second-order valence-electron chi connectivity index (χ2n) is 5.12. The molecule has 19 heavy (non-hydrogen) atoms. The van der Waals surface area contributed by atoms with E-state index in [2.05, 4.69) is 0 Å². The van der Waals surface area contributed by atoms with Crippen LogP contribution in [0, 0.1) is 5.92 Å². The van der Waals surface area contributed by atoms with Crippen molar-refractivity contribution in [2.45, 2.75) is 32.2 Å². The monoisotopic (exact) mass is 281 g/mol. The predicted molar refractivity (Wildman–Crippen MR) is 79.7 cm³/mol. The van der Waals surface area contributed by atoms with Crippen LogP contribution >= 0.6 is 0 Å². The quantitative estimate of drug-likeness (QED) is 0.835. The van der Waals surface area contributed by atoms with E-state index < -0.39 is 10.8 Å². The predicted octanol–water partition coefficient (Wildman–Crippen LogP) is 2.46. The lowest BCUT2D eigenvalue weighted by Crippen LogP contribution is -2.16. The van der Waals surface area contributed by atoms with Gasteiger partial charge >= 0.3 is 0 Å². The van der Waals surface area contributed by atoms with Crippen molar-refractivity contribution in [1.29, 1.82) is 0 Å². The van der Waals surface area contributed by atoms with Gasteiger partial charge in [-0.1, -0.05) is 31.0 Å². The van der Waals surface area contributed by atoms with Crippen LogP contribution in [0.15, 0.2) is 24.3 Å². The standard InChI is InChI=1S/C15H23NO2S/c16-11-14-7-3-4-8-15(14)18-9-10-19(17)12-13-5-1-2-6-13/h3-4,7-8,13H,1-2,5-6,9-12,16H2. The average molecular weight is 281 g/mol. The fourth-order valence-corrected chi connectivity index (χ4v) is 3.88. The van der Waals surface area contributed by atoms with E-state index in [4.69, 9.17) is 10.5 Å². The van der Waals surface area contributed by atoms with Crippen molar-refractivity contribution in [1.82, 2.24) is 0 Å². The molecule has 0 amide bonds. The van der Waals surface area contributed by atoms with Crippen molar-refractivity contribution in [3.63, 3.8) is 0 Å². The van der Waals surface area contributed by atoms with Gasteiger partial charge in [-0.25, -0.2) is 0 Å². The number of rotatable bonds is 7. The minimum Gasteiger partial charge on any atom is -0.492 e. The molecule has 0 radical (unpaired) electrons. The van der Waals surface area contributed by atoms with Gasteiger partial charge in [-0.2, -0.15) is 0 Å². The Labute approximate surface area is 118 Å². The fourth-order valence-electron chi connectivity index (χ4n) is 2.58. The smallest absolute Gasteiger partial charge is 0.123 e. The molecule has 2 N–H and O–H groups in total. The summed E-state index contributed by atoms with van der Waals surface area (Å²) in [5.41, 5.74) is 6.65. The number of hydrogen-bond acceptors (Lipinski definition) is 3. The molecule has 0 bridgehead atoms. The first-order valence-electron chi connectivity index (χ1n) is 7.05. The molecule has 1 aliphatic carbocycles. The Hall–Kier alpha value is -0.870. The van der Waals surface area contributed by atoms with Crippen molar-refractivity contribution in [2.75, 3.05) is 18.1 Å². The highest BCUT2D eigenvalue weighted by Crippen LogP contribution is 2.25. The minimum absolute atomic E-state index is 0.474. The third-order valence-corrected chi connectivity index (χ3v) is 5.12. The molecule has 1 fully saturated rings. The molecule has 0 spiro atoms. The van der Waals surface area contributed by atoms with E-state index in [1.165, 1.54) is 25.7 Å². The van der Waals surface area contributed by atoms with E-state index in [-0.39, 0.29) is 0 Å². The summed E-state index contributed by atoms with van der Waals surface area (Å²) in [7, 11) is -0.748. The Balaban J connectivity index is 1.72. The van der Waals surface area contributed by atoms with E-state index in [1.54, 1.807) is 0 Å². The number of benzene rings is 1. The Kier molecular flexibility index (Phi) is 5.86. The number of para-hydroxylation sites is 1. The molecule has 1 unspecified atom stereocenters. The van der Waals surface area contributed by atoms with Crippen molar-refractivity contribution in [2.24, 2.45) is 11.7 Å². The molecule has 4 heteroatoms. The summed E-state index contributed by atoms with van der Waals surface area (Å²) >= 11 is 0. The zero-order valence-corrected chi connectivity index (χ0v) is 12.2. The molecule has 0 saturated heterocycles. The minimum atomic E-state index is -0.748. The van der Waals surface area contributed by atoms with Crippen molar-refractivity contribution in [3.05, 3.63) is 29.8 Å². The number of hydrogen-bond donors (Lipinski definition) is 1. The van der Waals surface area contributed by atoms with Gasteiger partial charge in [0.1, 0.15) is 5.75 Å². The van der Waals surface area contributed by atoms with Crippen LogP contribution < -0.4 is 10.5 Å². The molecule has 1 atom stereocenters. The highest BCUT2D eigenvalue weighted by molar-refractivity contribution is 7.85. The Morgan fingerprint density at radius 2 is 2.00 bits per heavy atom. The maximum Gasteiger partial charge on any atom is 0.123 e. The van der Waals surface area contributed by atoms with Gasteiger partial charge in [0.25, 0.3) is 0 Å². The third kappa shape index (κ3) is 4.62. The number of nitrogens with two attached hydrogens (primary N) is 1. The maximum absolute atomic E-state index is 12.0. The third-order valence-electron chi connectivity index (χ3n) is 3.66.